The molecule has 229 valence electrons. The van der Waals surface area contributed by atoms with Crippen molar-refractivity contribution in [1.82, 2.24) is 0 Å². The largest absolute Gasteiger partial charge is 0.437 e. The van der Waals surface area contributed by atoms with Crippen molar-refractivity contribution in [3.8, 4) is 0 Å². The molecule has 0 atom stereocenters. The molecule has 38 heavy (non-hydrogen) atoms. The summed E-state index contributed by atoms with van der Waals surface area (Å²) in [5.41, 5.74) is 0. The van der Waals surface area contributed by atoms with E-state index < -0.39 is 42.3 Å². The Balaban J connectivity index is 4.03. The Morgan fingerprint density at radius 3 is 1.00 bits per heavy atom. The van der Waals surface area contributed by atoms with Crippen molar-refractivity contribution in [1.29, 1.82) is 0 Å². The second kappa shape index (κ2) is 19.2. The molecule has 0 aliphatic heterocycles. The minimum atomic E-state index is -2.33. The molecule has 0 aliphatic rings. The van der Waals surface area contributed by atoms with E-state index >= 15 is 0 Å². The summed E-state index contributed by atoms with van der Waals surface area (Å²) in [4.78, 5) is 0. The van der Waals surface area contributed by atoms with Crippen LogP contribution in [0.5, 0.6) is 0 Å². The zero-order chi connectivity index (χ0) is 29.3. The van der Waals surface area contributed by atoms with Crippen molar-refractivity contribution in [2.75, 3.05) is 0 Å². The molecule has 0 aliphatic carbocycles. The third kappa shape index (κ3) is 24.7. The first-order valence-electron chi connectivity index (χ1n) is 16.0. The lowest BCUT2D eigenvalue weighted by Crippen LogP contribution is -2.58. The van der Waals surface area contributed by atoms with Gasteiger partial charge in [-0.05, 0) is 78.1 Å². The SMILES string of the molecule is [CH2]CCCCCCCCCCCCCCCCC[Si](C)(C)O[Si](C)(C)O[Si](C)(C)O[Si](C)(C)O[Si](C)(C)C. The highest BCUT2D eigenvalue weighted by molar-refractivity contribution is 6.90. The summed E-state index contributed by atoms with van der Waals surface area (Å²) < 4.78 is 26.5. The topological polar surface area (TPSA) is 36.9 Å². The standard InChI is InChI=1S/C29H69O4Si5/c1-13-14-15-16-17-18-19-20-21-22-23-24-25-26-27-28-29-35(5,6)31-37(9,10)33-38(11,12)32-36(7,8)30-34(2,3)4/h1,13-29H2,2-12H3. The quantitative estimate of drug-likeness (QED) is 0.0750. The fraction of sp³-hybridized carbons (Fsp3) is 0.966. The van der Waals surface area contributed by atoms with Gasteiger partial charge >= 0.3 is 25.7 Å². The molecule has 0 bridgehead atoms. The fourth-order valence-electron chi connectivity index (χ4n) is 5.73. The van der Waals surface area contributed by atoms with Crippen LogP contribution in [0.15, 0.2) is 0 Å². The molecule has 4 nitrogen and oxygen atoms in total. The van der Waals surface area contributed by atoms with E-state index in [1.165, 1.54) is 102 Å². The molecule has 0 aromatic heterocycles. The van der Waals surface area contributed by atoms with Crippen LogP contribution < -0.4 is 0 Å². The van der Waals surface area contributed by atoms with Gasteiger partial charge < -0.3 is 16.5 Å². The van der Waals surface area contributed by atoms with Crippen LogP contribution in [0.3, 0.4) is 0 Å². The first-order valence-corrected chi connectivity index (χ1v) is 31.0. The van der Waals surface area contributed by atoms with Crippen molar-refractivity contribution < 1.29 is 16.5 Å². The average molecular weight is 622 g/mol. The molecular formula is C29H69O4Si5. The Labute approximate surface area is 245 Å². The van der Waals surface area contributed by atoms with Crippen LogP contribution in [0.2, 0.25) is 78.1 Å². The van der Waals surface area contributed by atoms with Crippen LogP contribution in [0, 0.1) is 6.92 Å². The van der Waals surface area contributed by atoms with Gasteiger partial charge in [0.15, 0.2) is 16.6 Å². The lowest BCUT2D eigenvalue weighted by molar-refractivity contribution is 0.299. The van der Waals surface area contributed by atoms with E-state index in [4.69, 9.17) is 16.5 Å². The molecule has 0 saturated heterocycles. The molecule has 0 heterocycles. The maximum absolute atomic E-state index is 6.79. The average Bonchev–Trinajstić information content (AvgIpc) is 2.68. The van der Waals surface area contributed by atoms with Gasteiger partial charge in [0.05, 0.1) is 0 Å². The van der Waals surface area contributed by atoms with E-state index in [2.05, 4.69) is 78.9 Å². The third-order valence-corrected chi connectivity index (χ3v) is 24.6. The van der Waals surface area contributed by atoms with Gasteiger partial charge in [-0.25, -0.2) is 0 Å². The lowest BCUT2D eigenvalue weighted by atomic mass is 10.0. The highest BCUT2D eigenvalue weighted by atomic mass is 28.5. The molecule has 0 aromatic carbocycles. The fourth-order valence-corrected chi connectivity index (χ4v) is 29.6. The second-order valence-corrected chi connectivity index (χ2v) is 34.3. The van der Waals surface area contributed by atoms with Crippen LogP contribution in [0.1, 0.15) is 103 Å². The predicted molar refractivity (Wildman–Crippen MR) is 182 cm³/mol. The molecule has 9 heteroatoms. The van der Waals surface area contributed by atoms with Gasteiger partial charge in [0, 0.05) is 0 Å². The molecule has 0 rings (SSSR count). The Morgan fingerprint density at radius 2 is 0.658 bits per heavy atom. The summed E-state index contributed by atoms with van der Waals surface area (Å²) in [6.45, 7) is 28.4. The minimum absolute atomic E-state index is 1.11. The van der Waals surface area contributed by atoms with E-state index in [0.29, 0.717) is 0 Å². The van der Waals surface area contributed by atoms with Crippen LogP contribution in [-0.4, -0.2) is 42.3 Å². The van der Waals surface area contributed by atoms with Crippen LogP contribution in [0.4, 0.5) is 0 Å². The maximum Gasteiger partial charge on any atom is 0.314 e. The molecule has 0 saturated carbocycles. The Bertz CT molecular complexity index is 592. The summed E-state index contributed by atoms with van der Waals surface area (Å²) in [6, 6.07) is 1.23. The second-order valence-electron chi connectivity index (χ2n) is 14.4. The van der Waals surface area contributed by atoms with Crippen molar-refractivity contribution in [2.24, 2.45) is 0 Å². The Kier molecular flexibility index (Phi) is 19.6. The number of hydrogen-bond donors (Lipinski definition) is 0. The zero-order valence-corrected chi connectivity index (χ0v) is 32.9. The summed E-state index contributed by atoms with van der Waals surface area (Å²) >= 11 is 0. The van der Waals surface area contributed by atoms with Gasteiger partial charge in [-0.1, -0.05) is 110 Å². The minimum Gasteiger partial charge on any atom is -0.437 e. The highest BCUT2D eigenvalue weighted by Gasteiger charge is 2.45. The number of rotatable bonds is 25. The van der Waals surface area contributed by atoms with Gasteiger partial charge in [-0.2, -0.15) is 0 Å². The monoisotopic (exact) mass is 621 g/mol. The molecule has 0 spiro atoms. The summed E-state index contributed by atoms with van der Waals surface area (Å²) in [5, 5.41) is 0. The van der Waals surface area contributed by atoms with Crippen LogP contribution in [-0.2, 0) is 16.5 Å². The number of hydrogen-bond acceptors (Lipinski definition) is 4. The summed E-state index contributed by atoms with van der Waals surface area (Å²) in [7, 11) is -10.2. The smallest absolute Gasteiger partial charge is 0.314 e. The van der Waals surface area contributed by atoms with E-state index in [-0.39, 0.29) is 0 Å². The van der Waals surface area contributed by atoms with Gasteiger partial charge in [0.2, 0.25) is 0 Å². The Morgan fingerprint density at radius 1 is 0.368 bits per heavy atom. The normalized spacial score (nSPS) is 13.9. The molecule has 0 aromatic rings. The molecule has 0 unspecified atom stereocenters. The van der Waals surface area contributed by atoms with Gasteiger partial charge in [0.25, 0.3) is 0 Å². The predicted octanol–water partition coefficient (Wildman–Crippen LogP) is 11.3. The van der Waals surface area contributed by atoms with E-state index in [1.54, 1.807) is 0 Å². The Hall–Kier alpha value is 0.924. The van der Waals surface area contributed by atoms with Crippen molar-refractivity contribution in [3.63, 3.8) is 0 Å². The molecular weight excluding hydrogens is 553 g/mol. The van der Waals surface area contributed by atoms with Crippen molar-refractivity contribution in [3.05, 3.63) is 6.92 Å². The van der Waals surface area contributed by atoms with Gasteiger partial charge in [-0.3, -0.25) is 0 Å². The van der Waals surface area contributed by atoms with Crippen LogP contribution in [0.25, 0.3) is 0 Å². The lowest BCUT2D eigenvalue weighted by Gasteiger charge is -2.42. The maximum atomic E-state index is 6.79. The first kappa shape index (κ1) is 38.9. The van der Waals surface area contributed by atoms with E-state index in [9.17, 15) is 0 Å². The first-order chi connectivity index (χ1) is 17.4. The zero-order valence-electron chi connectivity index (χ0n) is 27.9. The van der Waals surface area contributed by atoms with E-state index in [0.717, 1.165) is 6.42 Å². The van der Waals surface area contributed by atoms with Crippen molar-refractivity contribution >= 4 is 42.3 Å². The molecule has 0 fully saturated rings. The van der Waals surface area contributed by atoms with Gasteiger partial charge in [-0.15, -0.1) is 0 Å². The van der Waals surface area contributed by atoms with E-state index in [1.807, 2.05) is 0 Å². The number of unbranched alkanes of at least 4 members (excludes halogenated alkanes) is 15. The summed E-state index contributed by atoms with van der Waals surface area (Å²) in [6.07, 6.45) is 22.1. The molecule has 0 amide bonds. The highest BCUT2D eigenvalue weighted by Crippen LogP contribution is 2.28. The van der Waals surface area contributed by atoms with Crippen molar-refractivity contribution in [2.45, 2.75) is 181 Å². The molecule has 0 N–H and O–H groups in total. The molecule has 1 radical (unpaired) electrons. The third-order valence-electron chi connectivity index (χ3n) is 6.59. The van der Waals surface area contributed by atoms with Crippen LogP contribution >= 0.6 is 0 Å². The van der Waals surface area contributed by atoms with Gasteiger partial charge in [0.1, 0.15) is 0 Å². The summed E-state index contributed by atoms with van der Waals surface area (Å²) in [5.74, 6) is 0.